The van der Waals surface area contributed by atoms with Gasteiger partial charge >= 0.3 is 12.2 Å². The molecule has 2 unspecified atom stereocenters. The van der Waals surface area contributed by atoms with Crippen molar-refractivity contribution in [1.82, 2.24) is 21.3 Å². The third-order valence-corrected chi connectivity index (χ3v) is 4.97. The van der Waals surface area contributed by atoms with Crippen molar-refractivity contribution in [1.29, 1.82) is 0 Å². The van der Waals surface area contributed by atoms with Crippen molar-refractivity contribution in [2.24, 2.45) is 11.8 Å². The molecule has 0 heterocycles. The van der Waals surface area contributed by atoms with Crippen molar-refractivity contribution in [2.45, 2.75) is 65.5 Å². The summed E-state index contributed by atoms with van der Waals surface area (Å²) in [5.74, 6) is -1.12. The summed E-state index contributed by atoms with van der Waals surface area (Å²) >= 11 is 0. The molecule has 0 aromatic rings. The van der Waals surface area contributed by atoms with Crippen molar-refractivity contribution in [2.75, 3.05) is 13.1 Å². The summed E-state index contributed by atoms with van der Waals surface area (Å²) in [5, 5.41) is 27.4. The molecule has 0 aliphatic rings. The fraction of sp³-hybridized carbons (Fsp3) is 0.700. The molecule has 0 fully saturated rings. The Morgan fingerprint density at radius 1 is 0.733 bits per heavy atom. The molecule has 10 nitrogen and oxygen atoms in total. The Balaban J connectivity index is 4.37. The number of imide groups is 2. The highest BCUT2D eigenvalue weighted by atomic mass is 16.4. The van der Waals surface area contributed by atoms with Crippen LogP contribution in [0.3, 0.4) is 0 Å². The van der Waals surface area contributed by atoms with Crippen molar-refractivity contribution < 1.29 is 29.4 Å². The van der Waals surface area contributed by atoms with Crippen LogP contribution >= 0.6 is 0 Å². The van der Waals surface area contributed by atoms with E-state index in [0.29, 0.717) is 25.9 Å². The van der Waals surface area contributed by atoms with E-state index < -0.39 is 36.1 Å². The highest BCUT2D eigenvalue weighted by Crippen LogP contribution is 2.09. The van der Waals surface area contributed by atoms with Gasteiger partial charge in [0.15, 0.2) is 0 Å². The lowest BCUT2D eigenvalue weighted by molar-refractivity contribution is -0.124. The van der Waals surface area contributed by atoms with Gasteiger partial charge in [-0.1, -0.05) is 52.7 Å². The molecule has 172 valence electrons. The SMILES string of the molecule is CCC(C)C(NCCC=CCCN[C@H](C(=O)NC(=O)O)[C@H](C)CC)C(=O)NC(=O)O. The van der Waals surface area contributed by atoms with E-state index in [1.54, 1.807) is 0 Å². The highest BCUT2D eigenvalue weighted by Gasteiger charge is 2.25. The number of carbonyl (C=O) groups excluding carboxylic acids is 2. The molecule has 6 N–H and O–H groups in total. The Labute approximate surface area is 177 Å². The van der Waals surface area contributed by atoms with Gasteiger partial charge in [0, 0.05) is 0 Å². The van der Waals surface area contributed by atoms with E-state index in [4.69, 9.17) is 10.2 Å². The van der Waals surface area contributed by atoms with Gasteiger partial charge in [-0.05, 0) is 37.8 Å². The van der Waals surface area contributed by atoms with Crippen molar-refractivity contribution in [3.8, 4) is 0 Å². The minimum atomic E-state index is -1.37. The molecular formula is C20H36N4O6. The molecule has 0 aromatic heterocycles. The Bertz CT molecular complexity index is 546. The Morgan fingerprint density at radius 3 is 1.33 bits per heavy atom. The van der Waals surface area contributed by atoms with E-state index in [-0.39, 0.29) is 11.8 Å². The van der Waals surface area contributed by atoms with E-state index in [2.05, 4.69) is 10.6 Å². The summed E-state index contributed by atoms with van der Waals surface area (Å²) in [7, 11) is 0. The van der Waals surface area contributed by atoms with Crippen molar-refractivity contribution in [3.63, 3.8) is 0 Å². The lowest BCUT2D eigenvalue weighted by Crippen LogP contribution is -2.49. The topological polar surface area (TPSA) is 157 Å². The quantitative estimate of drug-likeness (QED) is 0.181. The van der Waals surface area contributed by atoms with Gasteiger partial charge in [-0.2, -0.15) is 0 Å². The van der Waals surface area contributed by atoms with Gasteiger partial charge in [0.1, 0.15) is 0 Å². The van der Waals surface area contributed by atoms with Gasteiger partial charge < -0.3 is 20.8 Å². The predicted molar refractivity (Wildman–Crippen MR) is 113 cm³/mol. The number of carboxylic acid groups (broad SMARTS) is 2. The molecule has 0 radical (unpaired) electrons. The molecular weight excluding hydrogens is 392 g/mol. The Kier molecular flexibility index (Phi) is 14.1. The van der Waals surface area contributed by atoms with Crippen LogP contribution in [-0.2, 0) is 9.59 Å². The van der Waals surface area contributed by atoms with Crippen LogP contribution in [-0.4, -0.2) is 59.4 Å². The maximum atomic E-state index is 12.0. The van der Waals surface area contributed by atoms with Gasteiger partial charge in [-0.3, -0.25) is 20.2 Å². The van der Waals surface area contributed by atoms with Gasteiger partial charge in [0.2, 0.25) is 11.8 Å². The van der Waals surface area contributed by atoms with Gasteiger partial charge in [0.25, 0.3) is 0 Å². The monoisotopic (exact) mass is 428 g/mol. The number of carbonyl (C=O) groups is 4. The predicted octanol–water partition coefficient (Wildman–Crippen LogP) is 1.92. The first kappa shape index (κ1) is 27.5. The van der Waals surface area contributed by atoms with E-state index in [9.17, 15) is 19.2 Å². The van der Waals surface area contributed by atoms with Gasteiger partial charge in [0.05, 0.1) is 12.1 Å². The molecule has 0 aromatic carbocycles. The number of rotatable bonds is 14. The van der Waals surface area contributed by atoms with Gasteiger partial charge in [-0.25, -0.2) is 9.59 Å². The van der Waals surface area contributed by atoms with Crippen LogP contribution in [0.25, 0.3) is 0 Å². The lowest BCUT2D eigenvalue weighted by atomic mass is 9.98. The molecule has 4 amide bonds. The summed E-state index contributed by atoms with van der Waals surface area (Å²) in [6.45, 7) is 8.67. The van der Waals surface area contributed by atoms with E-state index in [1.807, 2.05) is 50.5 Å². The number of hydrogen-bond donors (Lipinski definition) is 6. The number of nitrogens with one attached hydrogen (secondary N) is 4. The second-order valence-electron chi connectivity index (χ2n) is 7.27. The summed E-state index contributed by atoms with van der Waals surface area (Å²) < 4.78 is 0. The number of hydrogen-bond acceptors (Lipinski definition) is 6. The smallest absolute Gasteiger partial charge is 0.411 e. The molecule has 0 saturated heterocycles. The molecule has 4 atom stereocenters. The third kappa shape index (κ3) is 11.5. The van der Waals surface area contributed by atoms with Crippen LogP contribution in [0, 0.1) is 11.8 Å². The zero-order valence-corrected chi connectivity index (χ0v) is 18.2. The van der Waals surface area contributed by atoms with E-state index in [1.165, 1.54) is 0 Å². The van der Waals surface area contributed by atoms with Crippen LogP contribution in [0.15, 0.2) is 12.2 Å². The van der Waals surface area contributed by atoms with Gasteiger partial charge in [-0.15, -0.1) is 0 Å². The summed E-state index contributed by atoms with van der Waals surface area (Å²) in [5.41, 5.74) is 0. The molecule has 0 aliphatic heterocycles. The molecule has 30 heavy (non-hydrogen) atoms. The minimum Gasteiger partial charge on any atom is -0.465 e. The largest absolute Gasteiger partial charge is 0.465 e. The van der Waals surface area contributed by atoms with Crippen molar-refractivity contribution >= 4 is 24.0 Å². The van der Waals surface area contributed by atoms with E-state index >= 15 is 0 Å². The fourth-order valence-corrected chi connectivity index (χ4v) is 2.82. The first-order valence-corrected chi connectivity index (χ1v) is 10.3. The standard InChI is InChI=1S/C20H36N4O6/c1-5-13(3)15(17(25)23-19(27)28)21-11-9-7-8-10-12-22-16(14(4)6-2)18(26)24-20(29)30/h7-8,13-16,21-22H,5-6,9-12H2,1-4H3,(H,23,25)(H,24,26)(H,27,28)(H,29,30)/t13-,14?,15+,16?/m1/s1. The fourth-order valence-electron chi connectivity index (χ4n) is 2.82. The van der Waals surface area contributed by atoms with E-state index in [0.717, 1.165) is 12.8 Å². The first-order valence-electron chi connectivity index (χ1n) is 10.3. The molecule has 0 bridgehead atoms. The van der Waals surface area contributed by atoms with Crippen molar-refractivity contribution in [3.05, 3.63) is 12.2 Å². The summed E-state index contributed by atoms with van der Waals surface area (Å²) in [4.78, 5) is 45.3. The van der Waals surface area contributed by atoms with Crippen LogP contribution in [0.2, 0.25) is 0 Å². The third-order valence-electron chi connectivity index (χ3n) is 4.97. The molecule has 0 rings (SSSR count). The maximum absolute atomic E-state index is 12.0. The normalized spacial score (nSPS) is 15.2. The van der Waals surface area contributed by atoms with Crippen LogP contribution < -0.4 is 21.3 Å². The average Bonchev–Trinajstić information content (AvgIpc) is 2.67. The molecule has 0 spiro atoms. The second-order valence-corrected chi connectivity index (χ2v) is 7.27. The summed E-state index contributed by atoms with van der Waals surface area (Å²) in [6.07, 6.45) is 3.92. The van der Waals surface area contributed by atoms with Crippen LogP contribution in [0.1, 0.15) is 53.4 Å². The lowest BCUT2D eigenvalue weighted by Gasteiger charge is -2.22. The maximum Gasteiger partial charge on any atom is 0.411 e. The van der Waals surface area contributed by atoms with Crippen LogP contribution in [0.4, 0.5) is 9.59 Å². The zero-order chi connectivity index (χ0) is 23.1. The molecule has 0 aliphatic carbocycles. The average molecular weight is 429 g/mol. The number of amides is 4. The summed E-state index contributed by atoms with van der Waals surface area (Å²) in [6, 6.07) is -1.16. The Morgan fingerprint density at radius 2 is 1.07 bits per heavy atom. The first-order chi connectivity index (χ1) is 14.1. The zero-order valence-electron chi connectivity index (χ0n) is 18.2. The molecule has 10 heteroatoms. The second kappa shape index (κ2) is 15.4. The molecule has 0 saturated carbocycles. The highest BCUT2D eigenvalue weighted by molar-refractivity contribution is 5.94. The minimum absolute atomic E-state index is 0.00744. The van der Waals surface area contributed by atoms with Crippen LogP contribution in [0.5, 0.6) is 0 Å². The Hall–Kier alpha value is -2.46.